The van der Waals surface area contributed by atoms with E-state index in [4.69, 9.17) is 18.6 Å². The van der Waals surface area contributed by atoms with Gasteiger partial charge >= 0.3 is 5.97 Å². The Kier molecular flexibility index (Phi) is 4.79. The number of ether oxygens (including phenoxy) is 4. The molecular weight excluding hydrogens is 324 g/mol. The van der Waals surface area contributed by atoms with Gasteiger partial charge in [0, 0.05) is 10.9 Å². The molecule has 130 valence electrons. The highest BCUT2D eigenvalue weighted by Crippen LogP contribution is 2.37. The highest BCUT2D eigenvalue weighted by Gasteiger charge is 2.13. The Morgan fingerprint density at radius 1 is 1.00 bits per heavy atom. The number of carbonyl (C=O) groups is 1. The predicted octanol–water partition coefficient (Wildman–Crippen LogP) is 3.67. The summed E-state index contributed by atoms with van der Waals surface area (Å²) in [6.07, 6.45) is 1.68. The van der Waals surface area contributed by atoms with Gasteiger partial charge in [0.1, 0.15) is 11.3 Å². The monoisotopic (exact) mass is 342 g/mol. The molecule has 1 heterocycles. The van der Waals surface area contributed by atoms with Crippen LogP contribution in [0.1, 0.15) is 0 Å². The number of methoxy groups -OCH3 is 3. The minimum atomic E-state index is -0.438. The van der Waals surface area contributed by atoms with Gasteiger partial charge in [0.25, 0.3) is 0 Å². The number of fused-ring (bicyclic) bond motifs is 1. The Balaban J connectivity index is 1.98. The van der Waals surface area contributed by atoms with E-state index in [2.05, 4.69) is 4.74 Å². The zero-order valence-electron chi connectivity index (χ0n) is 14.2. The molecule has 0 aliphatic heterocycles. The molecule has 0 spiro atoms. The molecule has 0 saturated heterocycles. The summed E-state index contributed by atoms with van der Waals surface area (Å²) in [5.41, 5.74) is 2.52. The number of hydrogen-bond donors (Lipinski definition) is 0. The molecule has 3 aromatic rings. The molecule has 0 unspecified atom stereocenters. The van der Waals surface area contributed by atoms with E-state index in [9.17, 15) is 4.79 Å². The molecule has 0 radical (unpaired) electrons. The molecule has 0 aliphatic rings. The Labute approximate surface area is 144 Å². The summed E-state index contributed by atoms with van der Waals surface area (Å²) in [6.45, 7) is -0.147. The maximum Gasteiger partial charge on any atom is 0.343 e. The molecular formula is C19H18O6. The lowest BCUT2D eigenvalue weighted by atomic mass is 10.0. The van der Waals surface area contributed by atoms with E-state index in [-0.39, 0.29) is 6.61 Å². The average molecular weight is 342 g/mol. The van der Waals surface area contributed by atoms with Crippen molar-refractivity contribution >= 4 is 16.9 Å². The molecule has 6 heteroatoms. The lowest BCUT2D eigenvalue weighted by Crippen LogP contribution is -2.12. The zero-order chi connectivity index (χ0) is 17.8. The van der Waals surface area contributed by atoms with E-state index in [1.54, 1.807) is 32.6 Å². The molecule has 25 heavy (non-hydrogen) atoms. The molecule has 0 N–H and O–H groups in total. The smallest absolute Gasteiger partial charge is 0.343 e. The van der Waals surface area contributed by atoms with Crippen LogP contribution in [0.4, 0.5) is 0 Å². The van der Waals surface area contributed by atoms with Crippen LogP contribution in [-0.4, -0.2) is 33.9 Å². The van der Waals surface area contributed by atoms with E-state index in [1.165, 1.54) is 7.11 Å². The summed E-state index contributed by atoms with van der Waals surface area (Å²) in [4.78, 5) is 11.2. The standard InChI is InChI=1S/C19H18O6/c1-21-17-6-4-12(8-18(17)22-2)15-10-25-16-7-5-13(9-14(15)16)24-11-19(20)23-3/h4-10H,11H2,1-3H3. The van der Waals surface area contributed by atoms with Crippen molar-refractivity contribution in [1.29, 1.82) is 0 Å². The molecule has 2 aromatic carbocycles. The quantitative estimate of drug-likeness (QED) is 0.637. The molecule has 0 amide bonds. The first-order valence-corrected chi connectivity index (χ1v) is 7.59. The van der Waals surface area contributed by atoms with Gasteiger partial charge in [-0.3, -0.25) is 0 Å². The maximum atomic E-state index is 11.2. The van der Waals surface area contributed by atoms with Crippen LogP contribution in [0.3, 0.4) is 0 Å². The van der Waals surface area contributed by atoms with Gasteiger partial charge in [0.05, 0.1) is 27.6 Å². The Morgan fingerprint density at radius 2 is 1.80 bits per heavy atom. The summed E-state index contributed by atoms with van der Waals surface area (Å²) < 4.78 is 26.3. The van der Waals surface area contributed by atoms with Gasteiger partial charge in [-0.05, 0) is 35.9 Å². The van der Waals surface area contributed by atoms with E-state index < -0.39 is 5.97 Å². The van der Waals surface area contributed by atoms with Gasteiger partial charge in [0.2, 0.25) is 0 Å². The first-order chi connectivity index (χ1) is 12.2. The van der Waals surface area contributed by atoms with Crippen LogP contribution >= 0.6 is 0 Å². The summed E-state index contributed by atoms with van der Waals surface area (Å²) in [7, 11) is 4.50. The van der Waals surface area contributed by atoms with E-state index >= 15 is 0 Å². The van der Waals surface area contributed by atoms with Gasteiger partial charge in [-0.2, -0.15) is 0 Å². The van der Waals surface area contributed by atoms with Crippen LogP contribution in [0, 0.1) is 0 Å². The second-order valence-electron chi connectivity index (χ2n) is 5.24. The molecule has 3 rings (SSSR count). The number of carbonyl (C=O) groups excluding carboxylic acids is 1. The van der Waals surface area contributed by atoms with Crippen LogP contribution in [-0.2, 0) is 9.53 Å². The first kappa shape index (κ1) is 16.7. The van der Waals surface area contributed by atoms with E-state index in [0.29, 0.717) is 17.2 Å². The average Bonchev–Trinajstić information content (AvgIpc) is 3.08. The third-order valence-corrected chi connectivity index (χ3v) is 3.82. The van der Waals surface area contributed by atoms with Gasteiger partial charge < -0.3 is 23.4 Å². The Bertz CT molecular complexity index is 896. The highest BCUT2D eigenvalue weighted by molar-refractivity contribution is 5.95. The van der Waals surface area contributed by atoms with Gasteiger partial charge in [0.15, 0.2) is 18.1 Å². The largest absolute Gasteiger partial charge is 0.493 e. The predicted molar refractivity (Wildman–Crippen MR) is 92.3 cm³/mol. The zero-order valence-corrected chi connectivity index (χ0v) is 14.2. The van der Waals surface area contributed by atoms with Gasteiger partial charge in [-0.1, -0.05) is 6.07 Å². The third-order valence-electron chi connectivity index (χ3n) is 3.82. The minimum Gasteiger partial charge on any atom is -0.493 e. The summed E-state index contributed by atoms with van der Waals surface area (Å²) in [6, 6.07) is 11.0. The van der Waals surface area contributed by atoms with Crippen molar-refractivity contribution in [1.82, 2.24) is 0 Å². The number of esters is 1. The Morgan fingerprint density at radius 3 is 2.52 bits per heavy atom. The fourth-order valence-corrected chi connectivity index (χ4v) is 2.53. The van der Waals surface area contributed by atoms with Crippen molar-refractivity contribution in [3.05, 3.63) is 42.7 Å². The number of benzene rings is 2. The molecule has 0 aliphatic carbocycles. The van der Waals surface area contributed by atoms with Crippen molar-refractivity contribution in [3.63, 3.8) is 0 Å². The molecule has 0 saturated carbocycles. The summed E-state index contributed by atoms with van der Waals surface area (Å²) in [5, 5.41) is 0.870. The second kappa shape index (κ2) is 7.17. The van der Waals surface area contributed by atoms with Crippen LogP contribution in [0.5, 0.6) is 17.2 Å². The molecule has 0 fully saturated rings. The topological polar surface area (TPSA) is 67.1 Å². The van der Waals surface area contributed by atoms with Crippen molar-refractivity contribution in [3.8, 4) is 28.4 Å². The number of furan rings is 1. The highest BCUT2D eigenvalue weighted by atomic mass is 16.6. The molecule has 0 atom stereocenters. The minimum absolute atomic E-state index is 0.147. The first-order valence-electron chi connectivity index (χ1n) is 7.59. The second-order valence-corrected chi connectivity index (χ2v) is 5.24. The van der Waals surface area contributed by atoms with E-state index in [0.717, 1.165) is 22.1 Å². The van der Waals surface area contributed by atoms with Crippen LogP contribution < -0.4 is 14.2 Å². The normalized spacial score (nSPS) is 10.5. The third kappa shape index (κ3) is 3.38. The van der Waals surface area contributed by atoms with Crippen molar-refractivity contribution in [2.45, 2.75) is 0 Å². The fraction of sp³-hybridized carbons (Fsp3) is 0.211. The molecule has 6 nitrogen and oxygen atoms in total. The number of rotatable bonds is 6. The van der Waals surface area contributed by atoms with Crippen LogP contribution in [0.2, 0.25) is 0 Å². The Hall–Kier alpha value is -3.15. The van der Waals surface area contributed by atoms with Gasteiger partial charge in [-0.15, -0.1) is 0 Å². The van der Waals surface area contributed by atoms with E-state index in [1.807, 2.05) is 24.3 Å². The van der Waals surface area contributed by atoms with Crippen molar-refractivity contribution < 1.29 is 28.2 Å². The molecule has 0 bridgehead atoms. The fourth-order valence-electron chi connectivity index (χ4n) is 2.53. The maximum absolute atomic E-state index is 11.2. The summed E-state index contributed by atoms with van der Waals surface area (Å²) >= 11 is 0. The summed E-state index contributed by atoms with van der Waals surface area (Å²) in [5.74, 6) is 1.40. The number of hydrogen-bond acceptors (Lipinski definition) is 6. The van der Waals surface area contributed by atoms with Gasteiger partial charge in [-0.25, -0.2) is 4.79 Å². The van der Waals surface area contributed by atoms with Crippen LogP contribution in [0.25, 0.3) is 22.1 Å². The van der Waals surface area contributed by atoms with Crippen molar-refractivity contribution in [2.75, 3.05) is 27.9 Å². The SMILES string of the molecule is COC(=O)COc1ccc2occ(-c3ccc(OC)c(OC)c3)c2c1. The van der Waals surface area contributed by atoms with Crippen molar-refractivity contribution in [2.24, 2.45) is 0 Å². The lowest BCUT2D eigenvalue weighted by Gasteiger charge is -2.09. The van der Waals surface area contributed by atoms with Crippen LogP contribution in [0.15, 0.2) is 47.1 Å². The molecule has 1 aromatic heterocycles. The lowest BCUT2D eigenvalue weighted by molar-refractivity contribution is -0.142.